The van der Waals surface area contributed by atoms with Gasteiger partial charge in [-0.15, -0.1) is 0 Å². The van der Waals surface area contributed by atoms with Crippen LogP contribution in [0.3, 0.4) is 0 Å². The average Bonchev–Trinajstić information content (AvgIpc) is 3.36. The lowest BCUT2D eigenvalue weighted by molar-refractivity contribution is 0.102. The second-order valence-electron chi connectivity index (χ2n) is 7.22. The van der Waals surface area contributed by atoms with Crippen molar-refractivity contribution in [2.45, 2.75) is 25.5 Å². The van der Waals surface area contributed by atoms with Crippen molar-refractivity contribution in [1.82, 2.24) is 20.1 Å². The van der Waals surface area contributed by atoms with Crippen LogP contribution in [0.1, 0.15) is 39.8 Å². The van der Waals surface area contributed by atoms with Crippen LogP contribution in [0.4, 0.5) is 19.3 Å². The van der Waals surface area contributed by atoms with Crippen LogP contribution in [0, 0.1) is 11.6 Å². The number of carbonyl (C=O) groups is 2. The van der Waals surface area contributed by atoms with Gasteiger partial charge < -0.3 is 15.4 Å². The van der Waals surface area contributed by atoms with Crippen molar-refractivity contribution in [3.8, 4) is 0 Å². The summed E-state index contributed by atoms with van der Waals surface area (Å²) in [5.74, 6) is -1.29. The van der Waals surface area contributed by atoms with Crippen molar-refractivity contribution in [3.63, 3.8) is 0 Å². The van der Waals surface area contributed by atoms with Crippen molar-refractivity contribution >= 4 is 29.3 Å². The fourth-order valence-corrected chi connectivity index (χ4v) is 3.79. The van der Waals surface area contributed by atoms with E-state index in [0.29, 0.717) is 29.9 Å². The molecule has 0 saturated heterocycles. The Morgan fingerprint density at radius 1 is 1.25 bits per heavy atom. The number of nitrogens with zero attached hydrogens (tertiary/aromatic N) is 3. The molecule has 0 radical (unpaired) electrons. The van der Waals surface area contributed by atoms with Gasteiger partial charge in [0.15, 0.2) is 12.4 Å². The highest BCUT2D eigenvalue weighted by Crippen LogP contribution is 2.36. The Kier molecular flexibility index (Phi) is 6.04. The van der Waals surface area contributed by atoms with E-state index in [1.54, 1.807) is 7.05 Å². The van der Waals surface area contributed by atoms with Crippen LogP contribution in [0.2, 0.25) is 5.02 Å². The van der Waals surface area contributed by atoms with Crippen molar-refractivity contribution in [3.05, 3.63) is 75.8 Å². The molecule has 4 rings (SSSR count). The summed E-state index contributed by atoms with van der Waals surface area (Å²) in [4.78, 5) is 28.9. The number of carbonyl (C=O) groups excluding carboxylic acids is 2. The summed E-state index contributed by atoms with van der Waals surface area (Å²) in [5.41, 5.74) is 1.30. The fourth-order valence-electron chi connectivity index (χ4n) is 3.61. The number of rotatable bonds is 5. The number of hydrogen-bond donors (Lipinski definition) is 2. The Labute approximate surface area is 186 Å². The molecule has 0 spiro atoms. The summed E-state index contributed by atoms with van der Waals surface area (Å²) in [6.07, 6.45) is 1.51. The maximum absolute atomic E-state index is 14.6. The Morgan fingerprint density at radius 2 is 2.03 bits per heavy atom. The molecule has 0 aliphatic heterocycles. The Morgan fingerprint density at radius 3 is 2.75 bits per heavy atom. The van der Waals surface area contributed by atoms with Gasteiger partial charge in [-0.05, 0) is 48.7 Å². The second kappa shape index (κ2) is 8.91. The molecular weight excluding hydrogens is 444 g/mol. The number of fused-ring (bicyclic) bond motifs is 1. The van der Waals surface area contributed by atoms with Gasteiger partial charge in [-0.3, -0.25) is 9.48 Å². The SMILES string of the molecule is Cn1cnc(COC(=O)NC2CCc3c(C(=O)Nc4ccc(F)c(Cl)c4)ccc(F)c32)n1. The highest BCUT2D eigenvalue weighted by molar-refractivity contribution is 6.31. The second-order valence-corrected chi connectivity index (χ2v) is 7.62. The van der Waals surface area contributed by atoms with Gasteiger partial charge in [0, 0.05) is 23.9 Å². The van der Waals surface area contributed by atoms with Gasteiger partial charge in [-0.1, -0.05) is 11.6 Å². The number of ether oxygens (including phenoxy) is 1. The van der Waals surface area contributed by atoms with E-state index in [1.165, 1.54) is 35.3 Å². The molecule has 3 aromatic rings. The monoisotopic (exact) mass is 461 g/mol. The summed E-state index contributed by atoms with van der Waals surface area (Å²) in [6, 6.07) is 5.70. The molecule has 2 amide bonds. The normalized spacial score (nSPS) is 14.7. The first-order chi connectivity index (χ1) is 15.3. The van der Waals surface area contributed by atoms with E-state index in [9.17, 15) is 18.4 Å². The summed E-state index contributed by atoms with van der Waals surface area (Å²) in [6.45, 7) is -0.128. The number of benzene rings is 2. The maximum Gasteiger partial charge on any atom is 0.408 e. The highest BCUT2D eigenvalue weighted by atomic mass is 35.5. The molecule has 32 heavy (non-hydrogen) atoms. The van der Waals surface area contributed by atoms with Gasteiger partial charge in [0.25, 0.3) is 5.91 Å². The molecule has 2 N–H and O–H groups in total. The van der Waals surface area contributed by atoms with E-state index in [0.717, 1.165) is 6.07 Å². The van der Waals surface area contributed by atoms with Crippen molar-refractivity contribution < 1.29 is 23.1 Å². The molecule has 1 atom stereocenters. The van der Waals surface area contributed by atoms with Crippen LogP contribution in [0.25, 0.3) is 0 Å². The van der Waals surface area contributed by atoms with Crippen LogP contribution >= 0.6 is 11.6 Å². The number of nitrogens with one attached hydrogen (secondary N) is 2. The number of halogens is 3. The van der Waals surface area contributed by atoms with E-state index in [2.05, 4.69) is 20.7 Å². The van der Waals surface area contributed by atoms with Crippen molar-refractivity contribution in [2.75, 3.05) is 5.32 Å². The fraction of sp³-hybridized carbons (Fsp3) is 0.238. The third-order valence-corrected chi connectivity index (χ3v) is 5.32. The maximum atomic E-state index is 14.6. The van der Waals surface area contributed by atoms with Crippen LogP contribution in [0.5, 0.6) is 0 Å². The van der Waals surface area contributed by atoms with Crippen LogP contribution in [-0.2, 0) is 24.8 Å². The molecule has 0 bridgehead atoms. The molecule has 1 heterocycles. The average molecular weight is 462 g/mol. The largest absolute Gasteiger partial charge is 0.441 e. The third-order valence-electron chi connectivity index (χ3n) is 5.03. The Bertz CT molecular complexity index is 1200. The van der Waals surface area contributed by atoms with Crippen LogP contribution in [-0.4, -0.2) is 26.8 Å². The standard InChI is InChI=1S/C21H18ClF2N5O3/c1-29-10-25-18(28-29)9-32-21(31)27-17-7-4-12-13(3-6-16(24)19(12)17)20(30)26-11-2-5-15(23)14(22)8-11/h2-3,5-6,8,10,17H,4,7,9H2,1H3,(H,26,30)(H,27,31). The first-order valence-corrected chi connectivity index (χ1v) is 10.0. The molecule has 2 aromatic carbocycles. The Balaban J connectivity index is 1.47. The van der Waals surface area contributed by atoms with Gasteiger partial charge >= 0.3 is 6.09 Å². The molecule has 0 fully saturated rings. The number of hydrogen-bond acceptors (Lipinski definition) is 5. The molecule has 11 heteroatoms. The number of anilines is 1. The topological polar surface area (TPSA) is 98.1 Å². The van der Waals surface area contributed by atoms with Crippen LogP contribution < -0.4 is 10.6 Å². The lowest BCUT2D eigenvalue weighted by Gasteiger charge is -2.16. The molecule has 1 aromatic heterocycles. The summed E-state index contributed by atoms with van der Waals surface area (Å²) in [5, 5.41) is 9.14. The van der Waals surface area contributed by atoms with Gasteiger partial charge in [0.2, 0.25) is 0 Å². The highest BCUT2D eigenvalue weighted by Gasteiger charge is 2.31. The third kappa shape index (κ3) is 4.54. The minimum absolute atomic E-state index is 0.128. The molecule has 1 unspecified atom stereocenters. The minimum Gasteiger partial charge on any atom is -0.441 e. The van der Waals surface area contributed by atoms with E-state index in [-0.39, 0.29) is 22.8 Å². The van der Waals surface area contributed by atoms with Crippen LogP contribution in [0.15, 0.2) is 36.7 Å². The quantitative estimate of drug-likeness (QED) is 0.600. The van der Waals surface area contributed by atoms with E-state index in [4.69, 9.17) is 16.3 Å². The van der Waals surface area contributed by atoms with E-state index in [1.807, 2.05) is 0 Å². The molecule has 1 aliphatic carbocycles. The van der Waals surface area contributed by atoms with Crippen molar-refractivity contribution in [2.24, 2.45) is 7.05 Å². The molecule has 8 nitrogen and oxygen atoms in total. The van der Waals surface area contributed by atoms with Gasteiger partial charge in [0.1, 0.15) is 18.0 Å². The molecule has 0 saturated carbocycles. The number of amides is 2. The number of aromatic nitrogens is 3. The van der Waals surface area contributed by atoms with E-state index < -0.39 is 29.7 Å². The summed E-state index contributed by atoms with van der Waals surface area (Å²) in [7, 11) is 1.69. The predicted molar refractivity (Wildman–Crippen MR) is 111 cm³/mol. The first kappa shape index (κ1) is 21.7. The molecule has 166 valence electrons. The van der Waals surface area contributed by atoms with Crippen molar-refractivity contribution in [1.29, 1.82) is 0 Å². The van der Waals surface area contributed by atoms with Gasteiger partial charge in [-0.25, -0.2) is 18.6 Å². The predicted octanol–water partition coefficient (Wildman–Crippen LogP) is 3.91. The number of alkyl carbamates (subject to hydrolysis) is 1. The zero-order valence-electron chi connectivity index (χ0n) is 16.9. The zero-order chi connectivity index (χ0) is 22.8. The number of aryl methyl sites for hydroxylation is 1. The molecule has 1 aliphatic rings. The van der Waals surface area contributed by atoms with Gasteiger partial charge in [0.05, 0.1) is 11.1 Å². The lowest BCUT2D eigenvalue weighted by atomic mass is 10.0. The van der Waals surface area contributed by atoms with E-state index >= 15 is 0 Å². The minimum atomic E-state index is -0.745. The molecular formula is C21H18ClF2N5O3. The zero-order valence-corrected chi connectivity index (χ0v) is 17.6. The smallest absolute Gasteiger partial charge is 0.408 e. The summed E-state index contributed by atoms with van der Waals surface area (Å²) >= 11 is 5.75. The summed E-state index contributed by atoms with van der Waals surface area (Å²) < 4.78 is 34.5. The Hall–Kier alpha value is -3.53. The van der Waals surface area contributed by atoms with Gasteiger partial charge in [-0.2, -0.15) is 5.10 Å². The lowest BCUT2D eigenvalue weighted by Crippen LogP contribution is -2.28. The first-order valence-electron chi connectivity index (χ1n) is 9.67.